The third kappa shape index (κ3) is 2.88. The van der Waals surface area contributed by atoms with Gasteiger partial charge in [-0.05, 0) is 24.3 Å². The molecule has 100 valence electrons. The number of benzene rings is 1. The van der Waals surface area contributed by atoms with Crippen molar-refractivity contribution >= 4 is 29.6 Å². The topological polar surface area (TPSA) is 72.8 Å². The normalized spacial score (nSPS) is 17.7. The molecule has 19 heavy (non-hydrogen) atoms. The van der Waals surface area contributed by atoms with Crippen LogP contribution in [-0.4, -0.2) is 22.8 Å². The van der Waals surface area contributed by atoms with E-state index in [1.165, 1.54) is 38.1 Å². The van der Waals surface area contributed by atoms with Crippen LogP contribution in [0.3, 0.4) is 0 Å². The fourth-order valence-corrected chi connectivity index (χ4v) is 1.76. The average molecular weight is 283 g/mol. The number of carbonyl (C=O) groups is 2. The molecule has 1 aliphatic rings. The van der Waals surface area contributed by atoms with Crippen LogP contribution in [0.2, 0.25) is 5.02 Å². The largest absolute Gasteiger partial charge is 0.507 e. The highest BCUT2D eigenvalue weighted by atomic mass is 35.5. The van der Waals surface area contributed by atoms with Crippen LogP contribution in [0.15, 0.2) is 23.8 Å². The minimum Gasteiger partial charge on any atom is -0.507 e. The number of hydrogen-bond donors (Lipinski definition) is 1. The maximum Gasteiger partial charge on any atom is 0.348 e. The summed E-state index contributed by atoms with van der Waals surface area (Å²) in [6.07, 6.45) is 1.18. The molecule has 5 nitrogen and oxygen atoms in total. The summed E-state index contributed by atoms with van der Waals surface area (Å²) in [4.78, 5) is 23.4. The van der Waals surface area contributed by atoms with Crippen molar-refractivity contribution in [2.24, 2.45) is 0 Å². The third-order valence-corrected chi connectivity index (χ3v) is 2.64. The standard InChI is InChI=1S/C13H11ClO5/c1-13(2)18-11(16)9(12(17)19-13)6-7-5-8(14)3-4-10(7)15/h3-6,15H,1-2H3. The Balaban J connectivity index is 2.41. The van der Waals surface area contributed by atoms with Gasteiger partial charge < -0.3 is 14.6 Å². The van der Waals surface area contributed by atoms with Crippen LogP contribution >= 0.6 is 11.6 Å². The molecule has 0 spiro atoms. The summed E-state index contributed by atoms with van der Waals surface area (Å²) in [5, 5.41) is 10.00. The Hall–Kier alpha value is -2.01. The van der Waals surface area contributed by atoms with Crippen LogP contribution in [0.1, 0.15) is 19.4 Å². The zero-order valence-corrected chi connectivity index (χ0v) is 11.0. The number of cyclic esters (lactones) is 2. The molecule has 1 N–H and O–H groups in total. The molecule has 6 heteroatoms. The van der Waals surface area contributed by atoms with Crippen molar-refractivity contribution in [2.45, 2.75) is 19.6 Å². The Labute approximate surface area is 114 Å². The number of halogens is 1. The fourth-order valence-electron chi connectivity index (χ4n) is 1.57. The number of hydrogen-bond acceptors (Lipinski definition) is 5. The summed E-state index contributed by atoms with van der Waals surface area (Å²) in [5.74, 6) is -3.01. The average Bonchev–Trinajstić information content (AvgIpc) is 2.26. The number of ether oxygens (including phenoxy) is 2. The van der Waals surface area contributed by atoms with Gasteiger partial charge in [0.05, 0.1) is 0 Å². The first-order chi connectivity index (χ1) is 8.78. The van der Waals surface area contributed by atoms with Crippen molar-refractivity contribution in [1.29, 1.82) is 0 Å². The van der Waals surface area contributed by atoms with E-state index in [1.807, 2.05) is 0 Å². The Bertz CT molecular complexity index is 567. The molecule has 0 aliphatic carbocycles. The summed E-state index contributed by atoms with van der Waals surface area (Å²) in [6, 6.07) is 4.27. The van der Waals surface area contributed by atoms with Gasteiger partial charge in [0.25, 0.3) is 5.79 Å². The Morgan fingerprint density at radius 2 is 1.79 bits per heavy atom. The molecule has 0 amide bonds. The van der Waals surface area contributed by atoms with E-state index in [0.29, 0.717) is 5.02 Å². The van der Waals surface area contributed by atoms with Gasteiger partial charge in [-0.2, -0.15) is 0 Å². The molecule has 1 aromatic carbocycles. The zero-order chi connectivity index (χ0) is 14.2. The van der Waals surface area contributed by atoms with Crippen molar-refractivity contribution in [3.63, 3.8) is 0 Å². The second kappa shape index (κ2) is 4.59. The molecule has 0 unspecified atom stereocenters. The number of phenolic OH excluding ortho intramolecular Hbond substituents is 1. The first kappa shape index (κ1) is 13.4. The van der Waals surface area contributed by atoms with Gasteiger partial charge in [-0.15, -0.1) is 0 Å². The number of esters is 2. The Kier molecular flexibility index (Phi) is 3.24. The SMILES string of the molecule is CC1(C)OC(=O)C(=Cc2cc(Cl)ccc2O)C(=O)O1. The molecule has 0 aromatic heterocycles. The quantitative estimate of drug-likeness (QED) is 0.486. The van der Waals surface area contributed by atoms with Crippen LogP contribution in [0.25, 0.3) is 6.08 Å². The number of rotatable bonds is 1. The second-order valence-corrected chi connectivity index (χ2v) is 4.88. The molecule has 2 rings (SSSR count). The zero-order valence-electron chi connectivity index (χ0n) is 10.3. The molecule has 1 aromatic rings. The van der Waals surface area contributed by atoms with E-state index in [2.05, 4.69) is 0 Å². The predicted molar refractivity (Wildman–Crippen MR) is 67.4 cm³/mol. The molecular formula is C13H11ClO5. The van der Waals surface area contributed by atoms with Crippen LogP contribution < -0.4 is 0 Å². The minimum atomic E-state index is -1.29. The molecule has 1 aliphatic heterocycles. The summed E-state index contributed by atoms with van der Waals surface area (Å²) in [5.41, 5.74) is -0.0620. The van der Waals surface area contributed by atoms with E-state index in [9.17, 15) is 14.7 Å². The fraction of sp³-hybridized carbons (Fsp3) is 0.231. The van der Waals surface area contributed by atoms with E-state index >= 15 is 0 Å². The Morgan fingerprint density at radius 3 is 2.37 bits per heavy atom. The lowest BCUT2D eigenvalue weighted by Crippen LogP contribution is -2.41. The van der Waals surface area contributed by atoms with Crippen LogP contribution in [0.4, 0.5) is 0 Å². The second-order valence-electron chi connectivity index (χ2n) is 4.44. The molecule has 0 bridgehead atoms. The first-order valence-corrected chi connectivity index (χ1v) is 5.83. The van der Waals surface area contributed by atoms with Crippen LogP contribution in [0.5, 0.6) is 5.75 Å². The van der Waals surface area contributed by atoms with Crippen molar-refractivity contribution in [3.8, 4) is 5.75 Å². The monoisotopic (exact) mass is 282 g/mol. The van der Waals surface area contributed by atoms with Gasteiger partial charge in [-0.25, -0.2) is 9.59 Å². The van der Waals surface area contributed by atoms with E-state index < -0.39 is 17.7 Å². The molecule has 0 saturated carbocycles. The number of carbonyl (C=O) groups excluding carboxylic acids is 2. The van der Waals surface area contributed by atoms with E-state index in [1.54, 1.807) is 0 Å². The summed E-state index contributed by atoms with van der Waals surface area (Å²) in [7, 11) is 0. The highest BCUT2D eigenvalue weighted by Crippen LogP contribution is 2.28. The van der Waals surface area contributed by atoms with Gasteiger partial charge in [0.1, 0.15) is 11.3 Å². The van der Waals surface area contributed by atoms with Crippen LogP contribution in [-0.2, 0) is 19.1 Å². The van der Waals surface area contributed by atoms with E-state index in [-0.39, 0.29) is 16.9 Å². The summed E-state index contributed by atoms with van der Waals surface area (Å²) in [6.45, 7) is 2.91. The first-order valence-electron chi connectivity index (χ1n) is 5.45. The van der Waals surface area contributed by atoms with Gasteiger partial charge >= 0.3 is 11.9 Å². The molecule has 0 atom stereocenters. The molecule has 1 fully saturated rings. The maximum absolute atomic E-state index is 11.7. The third-order valence-electron chi connectivity index (χ3n) is 2.41. The number of aromatic hydroxyl groups is 1. The molecule has 1 saturated heterocycles. The predicted octanol–water partition coefficient (Wildman–Crippen LogP) is 2.27. The van der Waals surface area contributed by atoms with Gasteiger partial charge in [0.15, 0.2) is 0 Å². The molecule has 1 heterocycles. The van der Waals surface area contributed by atoms with Crippen molar-refractivity contribution < 1.29 is 24.2 Å². The lowest BCUT2D eigenvalue weighted by Gasteiger charge is -2.29. The summed E-state index contributed by atoms with van der Waals surface area (Å²) >= 11 is 5.78. The number of phenols is 1. The lowest BCUT2D eigenvalue weighted by atomic mass is 10.1. The molecule has 0 radical (unpaired) electrons. The highest BCUT2D eigenvalue weighted by molar-refractivity contribution is 6.30. The highest BCUT2D eigenvalue weighted by Gasteiger charge is 2.38. The summed E-state index contributed by atoms with van der Waals surface area (Å²) < 4.78 is 9.87. The smallest absolute Gasteiger partial charge is 0.348 e. The van der Waals surface area contributed by atoms with Gasteiger partial charge in [-0.3, -0.25) is 0 Å². The maximum atomic E-state index is 11.7. The van der Waals surface area contributed by atoms with Crippen LogP contribution in [0, 0.1) is 0 Å². The van der Waals surface area contributed by atoms with E-state index in [4.69, 9.17) is 21.1 Å². The molecular weight excluding hydrogens is 272 g/mol. The minimum absolute atomic E-state index is 0.109. The Morgan fingerprint density at radius 1 is 1.21 bits per heavy atom. The van der Waals surface area contributed by atoms with Gasteiger partial charge in [0.2, 0.25) is 0 Å². The lowest BCUT2D eigenvalue weighted by molar-refractivity contribution is -0.222. The van der Waals surface area contributed by atoms with E-state index in [0.717, 1.165) is 0 Å². The van der Waals surface area contributed by atoms with Gasteiger partial charge in [0, 0.05) is 24.4 Å². The van der Waals surface area contributed by atoms with Crippen molar-refractivity contribution in [2.75, 3.05) is 0 Å². The van der Waals surface area contributed by atoms with Crippen molar-refractivity contribution in [1.82, 2.24) is 0 Å². The van der Waals surface area contributed by atoms with Crippen molar-refractivity contribution in [3.05, 3.63) is 34.4 Å². The van der Waals surface area contributed by atoms with Gasteiger partial charge in [-0.1, -0.05) is 11.6 Å².